The van der Waals surface area contributed by atoms with Crippen molar-refractivity contribution in [2.45, 2.75) is 39.8 Å². The van der Waals surface area contributed by atoms with Crippen LogP contribution in [0.25, 0.3) is 0 Å². The maximum absolute atomic E-state index is 11.5. The first-order valence-electron chi connectivity index (χ1n) is 11.7. The molecular weight excluding hydrogens is 515 g/mol. The number of nitrogens with two attached hydrogens (primary N) is 1. The Labute approximate surface area is 210 Å². The molecule has 0 saturated carbocycles. The van der Waals surface area contributed by atoms with Crippen molar-refractivity contribution in [2.75, 3.05) is 52.9 Å². The van der Waals surface area contributed by atoms with Crippen molar-refractivity contribution in [3.63, 3.8) is 0 Å². The van der Waals surface area contributed by atoms with Crippen LogP contribution in [0.4, 0.5) is 0 Å². The molecule has 0 radical (unpaired) electrons. The number of likely N-dealkylation sites (tertiary alicyclic amines) is 1. The molecule has 3 rings (SSSR count). The van der Waals surface area contributed by atoms with Crippen molar-refractivity contribution in [1.82, 2.24) is 20.0 Å². The molecule has 1 unspecified atom stereocenters. The summed E-state index contributed by atoms with van der Waals surface area (Å²) in [6.07, 6.45) is 1.95. The third-order valence-corrected chi connectivity index (χ3v) is 6.26. The van der Waals surface area contributed by atoms with Crippen LogP contribution in [-0.4, -0.2) is 79.4 Å². The van der Waals surface area contributed by atoms with Gasteiger partial charge in [0, 0.05) is 59.4 Å². The number of halogens is 1. The number of amides is 1. The van der Waals surface area contributed by atoms with Crippen LogP contribution < -0.4 is 11.1 Å². The molecule has 0 spiro atoms. The van der Waals surface area contributed by atoms with Crippen molar-refractivity contribution in [3.05, 3.63) is 35.4 Å². The molecule has 2 fully saturated rings. The van der Waals surface area contributed by atoms with Crippen molar-refractivity contribution in [2.24, 2.45) is 22.6 Å². The Morgan fingerprint density at radius 1 is 1.16 bits per heavy atom. The predicted octanol–water partition coefficient (Wildman–Crippen LogP) is 2.35. The van der Waals surface area contributed by atoms with Crippen LogP contribution in [0.1, 0.15) is 37.8 Å². The minimum absolute atomic E-state index is 0. The van der Waals surface area contributed by atoms with Gasteiger partial charge in [0.15, 0.2) is 5.96 Å². The van der Waals surface area contributed by atoms with Crippen LogP contribution in [0.5, 0.6) is 0 Å². The highest BCUT2D eigenvalue weighted by Crippen LogP contribution is 2.19. The summed E-state index contributed by atoms with van der Waals surface area (Å²) in [5.41, 5.74) is 8.06. The maximum atomic E-state index is 11.5. The topological polar surface area (TPSA) is 77.2 Å². The zero-order valence-corrected chi connectivity index (χ0v) is 22.3. The van der Waals surface area contributed by atoms with Gasteiger partial charge in [-0.05, 0) is 36.4 Å². The number of guanidine groups is 1. The molecule has 1 aromatic rings. The van der Waals surface area contributed by atoms with Gasteiger partial charge < -0.3 is 16.0 Å². The highest BCUT2D eigenvalue weighted by Gasteiger charge is 2.24. The van der Waals surface area contributed by atoms with E-state index in [2.05, 4.69) is 63.1 Å². The average Bonchev–Trinajstić information content (AvgIpc) is 2.75. The fourth-order valence-corrected chi connectivity index (χ4v) is 4.70. The zero-order chi connectivity index (χ0) is 22.2. The number of nitrogens with zero attached hydrogens (tertiary/aromatic N) is 4. The number of primary amides is 1. The van der Waals surface area contributed by atoms with Crippen LogP contribution in [0.15, 0.2) is 29.3 Å². The molecule has 0 aliphatic carbocycles. The third-order valence-electron chi connectivity index (χ3n) is 6.26. The molecule has 1 atom stereocenters. The highest BCUT2D eigenvalue weighted by molar-refractivity contribution is 14.0. The maximum Gasteiger partial charge on any atom is 0.221 e. The van der Waals surface area contributed by atoms with E-state index < -0.39 is 0 Å². The monoisotopic (exact) mass is 556 g/mol. The van der Waals surface area contributed by atoms with Gasteiger partial charge in [-0.2, -0.15) is 0 Å². The summed E-state index contributed by atoms with van der Waals surface area (Å²) >= 11 is 0. The Hall–Kier alpha value is -1.39. The van der Waals surface area contributed by atoms with Gasteiger partial charge in [0.25, 0.3) is 0 Å². The third kappa shape index (κ3) is 8.19. The fourth-order valence-electron chi connectivity index (χ4n) is 4.70. The number of hydrogen-bond donors (Lipinski definition) is 2. The van der Waals surface area contributed by atoms with Crippen LogP contribution in [-0.2, 0) is 17.9 Å². The molecule has 1 amide bonds. The van der Waals surface area contributed by atoms with Crippen molar-refractivity contribution in [3.8, 4) is 0 Å². The zero-order valence-electron chi connectivity index (χ0n) is 19.9. The summed E-state index contributed by atoms with van der Waals surface area (Å²) in [6.45, 7) is 13.4. The summed E-state index contributed by atoms with van der Waals surface area (Å²) < 4.78 is 0. The van der Waals surface area contributed by atoms with Gasteiger partial charge in [-0.1, -0.05) is 38.1 Å². The number of piperidine rings is 1. The van der Waals surface area contributed by atoms with Crippen LogP contribution in [0.3, 0.4) is 0 Å². The number of piperazine rings is 1. The predicted molar refractivity (Wildman–Crippen MR) is 142 cm³/mol. The summed E-state index contributed by atoms with van der Waals surface area (Å²) in [5, 5.41) is 3.55. The second-order valence-corrected chi connectivity index (χ2v) is 9.38. The van der Waals surface area contributed by atoms with Gasteiger partial charge in [0.1, 0.15) is 0 Å². The number of rotatable bonds is 7. The lowest BCUT2D eigenvalue weighted by Gasteiger charge is -2.37. The van der Waals surface area contributed by atoms with E-state index >= 15 is 0 Å². The summed E-state index contributed by atoms with van der Waals surface area (Å²) in [4.78, 5) is 23.3. The molecule has 1 aromatic carbocycles. The lowest BCUT2D eigenvalue weighted by Crippen LogP contribution is -2.52. The first kappa shape index (κ1) is 26.9. The Morgan fingerprint density at radius 2 is 1.88 bits per heavy atom. The molecule has 7 nitrogen and oxygen atoms in total. The Balaban J connectivity index is 0.00000363. The quantitative estimate of drug-likeness (QED) is 0.307. The number of benzene rings is 1. The molecule has 8 heteroatoms. The molecule has 2 saturated heterocycles. The molecular formula is C24H41IN6O. The minimum Gasteiger partial charge on any atom is -0.369 e. The lowest BCUT2D eigenvalue weighted by atomic mass is 9.97. The first-order chi connectivity index (χ1) is 14.9. The highest BCUT2D eigenvalue weighted by atomic mass is 127. The number of aliphatic imine (C=N–C) groups is 1. The van der Waals surface area contributed by atoms with Gasteiger partial charge in [-0.3, -0.25) is 19.6 Å². The van der Waals surface area contributed by atoms with Gasteiger partial charge >= 0.3 is 0 Å². The van der Waals surface area contributed by atoms with E-state index in [1.54, 1.807) is 0 Å². The minimum atomic E-state index is -0.168. The fraction of sp³-hybridized carbons (Fsp3) is 0.667. The second kappa shape index (κ2) is 13.3. The summed E-state index contributed by atoms with van der Waals surface area (Å²) in [6, 6.07) is 8.71. The van der Waals surface area contributed by atoms with E-state index in [-0.39, 0.29) is 35.8 Å². The molecule has 3 N–H and O–H groups in total. The van der Waals surface area contributed by atoms with Crippen molar-refractivity contribution >= 4 is 35.8 Å². The Kier molecular flexibility index (Phi) is 11.2. The summed E-state index contributed by atoms with van der Waals surface area (Å²) in [7, 11) is 1.87. The van der Waals surface area contributed by atoms with E-state index in [9.17, 15) is 4.79 Å². The Bertz CT molecular complexity index is 748. The average molecular weight is 557 g/mol. The van der Waals surface area contributed by atoms with Crippen molar-refractivity contribution < 1.29 is 4.79 Å². The van der Waals surface area contributed by atoms with E-state index in [4.69, 9.17) is 5.73 Å². The van der Waals surface area contributed by atoms with E-state index in [1.165, 1.54) is 17.7 Å². The van der Waals surface area contributed by atoms with E-state index in [1.807, 2.05) is 7.05 Å². The smallest absolute Gasteiger partial charge is 0.221 e. The number of nitrogens with one attached hydrogen (secondary N) is 1. The van der Waals surface area contributed by atoms with Crippen molar-refractivity contribution in [1.29, 1.82) is 0 Å². The molecule has 2 aliphatic rings. The van der Waals surface area contributed by atoms with Crippen LogP contribution in [0, 0.1) is 11.8 Å². The van der Waals surface area contributed by atoms with E-state index in [0.29, 0.717) is 5.92 Å². The van der Waals surface area contributed by atoms with Crippen LogP contribution >= 0.6 is 24.0 Å². The number of carbonyl (C=O) groups excluding carboxylic acids is 1. The van der Waals surface area contributed by atoms with Gasteiger partial charge in [-0.25, -0.2) is 0 Å². The molecule has 0 bridgehead atoms. The standard InChI is InChI=1S/C24H40N6O.HI/c1-19(2)16-28-10-12-30(13-11-28)24(26-3)27-15-20-6-4-7-21(14-20)17-29-9-5-8-22(18-29)23(25)31;/h4,6-7,14,19,22H,5,8-13,15-18H2,1-3H3,(H2,25,31)(H,26,27);1H. The molecule has 2 heterocycles. The molecule has 2 aliphatic heterocycles. The van der Waals surface area contributed by atoms with Gasteiger partial charge in [-0.15, -0.1) is 24.0 Å². The molecule has 32 heavy (non-hydrogen) atoms. The van der Waals surface area contributed by atoms with Gasteiger partial charge in [0.2, 0.25) is 5.91 Å². The molecule has 180 valence electrons. The summed E-state index contributed by atoms with van der Waals surface area (Å²) in [5.74, 6) is 1.51. The second-order valence-electron chi connectivity index (χ2n) is 9.38. The van der Waals surface area contributed by atoms with Crippen LogP contribution in [0.2, 0.25) is 0 Å². The Morgan fingerprint density at radius 3 is 2.53 bits per heavy atom. The van der Waals surface area contributed by atoms with E-state index in [0.717, 1.165) is 71.2 Å². The normalized spacial score (nSPS) is 20.8. The SMILES string of the molecule is CN=C(NCc1cccc(CN2CCCC(C(N)=O)C2)c1)N1CCN(CC(C)C)CC1.I. The lowest BCUT2D eigenvalue weighted by molar-refractivity contribution is -0.123. The first-order valence-corrected chi connectivity index (χ1v) is 11.7. The number of hydrogen-bond acceptors (Lipinski definition) is 4. The van der Waals surface area contributed by atoms with Gasteiger partial charge in [0.05, 0.1) is 5.92 Å². The largest absolute Gasteiger partial charge is 0.369 e. The number of carbonyl (C=O) groups is 1. The molecule has 0 aromatic heterocycles.